The van der Waals surface area contributed by atoms with Crippen molar-refractivity contribution in [1.29, 1.82) is 5.26 Å². The molecule has 0 aliphatic rings. The highest BCUT2D eigenvalue weighted by molar-refractivity contribution is 5.37. The van der Waals surface area contributed by atoms with Gasteiger partial charge < -0.3 is 4.74 Å². The molecule has 0 amide bonds. The third kappa shape index (κ3) is 3.34. The van der Waals surface area contributed by atoms with E-state index in [9.17, 15) is 4.39 Å². The molecule has 1 rings (SSSR count). The van der Waals surface area contributed by atoms with Crippen LogP contribution in [0.2, 0.25) is 0 Å². The lowest BCUT2D eigenvalue weighted by molar-refractivity contribution is 0.0506. The summed E-state index contributed by atoms with van der Waals surface area (Å²) in [7, 11) is 0. The smallest absolute Gasteiger partial charge is 0.123 e. The van der Waals surface area contributed by atoms with Crippen LogP contribution in [0.3, 0.4) is 0 Å². The number of nitrogens with zero attached hydrogens (tertiary/aromatic N) is 1. The molecule has 0 aliphatic heterocycles. The first-order valence-corrected chi connectivity index (χ1v) is 4.97. The SMILES string of the molecule is CCC(C)OCc1cc(F)ccc1C#N. The van der Waals surface area contributed by atoms with E-state index >= 15 is 0 Å². The van der Waals surface area contributed by atoms with Crippen LogP contribution in [0.5, 0.6) is 0 Å². The molecule has 0 saturated heterocycles. The van der Waals surface area contributed by atoms with Gasteiger partial charge in [-0.3, -0.25) is 0 Å². The van der Waals surface area contributed by atoms with Crippen LogP contribution < -0.4 is 0 Å². The van der Waals surface area contributed by atoms with E-state index in [1.54, 1.807) is 0 Å². The molecule has 15 heavy (non-hydrogen) atoms. The summed E-state index contributed by atoms with van der Waals surface area (Å²) < 4.78 is 18.4. The largest absolute Gasteiger partial charge is 0.374 e. The number of hydrogen-bond acceptors (Lipinski definition) is 2. The number of ether oxygens (including phenoxy) is 1. The van der Waals surface area contributed by atoms with E-state index in [1.165, 1.54) is 18.2 Å². The Labute approximate surface area is 89.3 Å². The van der Waals surface area contributed by atoms with Crippen LogP contribution in [0.15, 0.2) is 18.2 Å². The molecule has 0 N–H and O–H groups in total. The summed E-state index contributed by atoms with van der Waals surface area (Å²) in [5, 5.41) is 8.80. The minimum absolute atomic E-state index is 0.125. The van der Waals surface area contributed by atoms with E-state index < -0.39 is 0 Å². The maximum absolute atomic E-state index is 12.9. The summed E-state index contributed by atoms with van der Waals surface area (Å²) in [5.41, 5.74) is 1.08. The molecule has 0 fully saturated rings. The molecule has 0 spiro atoms. The summed E-state index contributed by atoms with van der Waals surface area (Å²) in [4.78, 5) is 0. The number of nitriles is 1. The van der Waals surface area contributed by atoms with Crippen LogP contribution in [-0.4, -0.2) is 6.10 Å². The van der Waals surface area contributed by atoms with Crippen LogP contribution >= 0.6 is 0 Å². The predicted octanol–water partition coefficient (Wildman–Crippen LogP) is 3.01. The average Bonchev–Trinajstić information content (AvgIpc) is 2.26. The minimum Gasteiger partial charge on any atom is -0.374 e. The molecule has 0 radical (unpaired) electrons. The Bertz CT molecular complexity index is 370. The topological polar surface area (TPSA) is 33.0 Å². The fourth-order valence-electron chi connectivity index (χ4n) is 1.14. The predicted molar refractivity (Wildman–Crippen MR) is 55.7 cm³/mol. The zero-order chi connectivity index (χ0) is 11.3. The van der Waals surface area contributed by atoms with Gasteiger partial charge in [0.1, 0.15) is 5.82 Å². The highest BCUT2D eigenvalue weighted by Gasteiger charge is 2.05. The first-order chi connectivity index (χ1) is 7.17. The molecule has 1 unspecified atom stereocenters. The van der Waals surface area contributed by atoms with Crippen molar-refractivity contribution in [3.05, 3.63) is 35.1 Å². The molecule has 0 heterocycles. The van der Waals surface area contributed by atoms with Gasteiger partial charge in [0, 0.05) is 0 Å². The van der Waals surface area contributed by atoms with Gasteiger partial charge in [0.05, 0.1) is 24.3 Å². The second-order valence-electron chi connectivity index (χ2n) is 3.44. The molecule has 80 valence electrons. The fraction of sp³-hybridized carbons (Fsp3) is 0.417. The van der Waals surface area contributed by atoms with Crippen molar-refractivity contribution in [2.75, 3.05) is 0 Å². The lowest BCUT2D eigenvalue weighted by Gasteiger charge is -2.11. The van der Waals surface area contributed by atoms with Crippen LogP contribution in [0.25, 0.3) is 0 Å². The normalized spacial score (nSPS) is 12.1. The summed E-state index contributed by atoms with van der Waals surface area (Å²) in [5.74, 6) is -0.336. The average molecular weight is 207 g/mol. The molecule has 1 atom stereocenters. The quantitative estimate of drug-likeness (QED) is 0.760. The Kier molecular flexibility index (Phi) is 4.26. The number of halogens is 1. The molecule has 0 bridgehead atoms. The minimum atomic E-state index is -0.336. The van der Waals surface area contributed by atoms with Gasteiger partial charge in [0.15, 0.2) is 0 Å². The molecule has 0 aliphatic carbocycles. The highest BCUT2D eigenvalue weighted by Crippen LogP contribution is 2.13. The monoisotopic (exact) mass is 207 g/mol. The molecule has 3 heteroatoms. The van der Waals surface area contributed by atoms with Crippen molar-refractivity contribution in [3.8, 4) is 6.07 Å². The van der Waals surface area contributed by atoms with E-state index in [0.717, 1.165) is 6.42 Å². The first kappa shape index (κ1) is 11.7. The van der Waals surface area contributed by atoms with Crippen LogP contribution in [0.1, 0.15) is 31.4 Å². The Morgan fingerprint density at radius 1 is 1.53 bits per heavy atom. The van der Waals surface area contributed by atoms with Crippen LogP contribution in [0.4, 0.5) is 4.39 Å². The van der Waals surface area contributed by atoms with Crippen LogP contribution in [0, 0.1) is 17.1 Å². The van der Waals surface area contributed by atoms with Crippen molar-refractivity contribution >= 4 is 0 Å². The summed E-state index contributed by atoms with van der Waals surface area (Å²) in [6.07, 6.45) is 1.02. The molecular formula is C12H14FNO. The zero-order valence-electron chi connectivity index (χ0n) is 8.96. The fourth-order valence-corrected chi connectivity index (χ4v) is 1.14. The number of hydrogen-bond donors (Lipinski definition) is 0. The molecule has 1 aromatic rings. The molecule has 1 aromatic carbocycles. The lowest BCUT2D eigenvalue weighted by Crippen LogP contribution is -2.07. The zero-order valence-corrected chi connectivity index (χ0v) is 8.96. The van der Waals surface area contributed by atoms with Crippen molar-refractivity contribution in [2.45, 2.75) is 33.0 Å². The van der Waals surface area contributed by atoms with Crippen LogP contribution in [-0.2, 0) is 11.3 Å². The van der Waals surface area contributed by atoms with Crippen molar-refractivity contribution < 1.29 is 9.13 Å². The van der Waals surface area contributed by atoms with Gasteiger partial charge >= 0.3 is 0 Å². The van der Waals surface area contributed by atoms with Crippen molar-refractivity contribution in [1.82, 2.24) is 0 Å². The second kappa shape index (κ2) is 5.47. The lowest BCUT2D eigenvalue weighted by atomic mass is 10.1. The molecule has 0 saturated carbocycles. The van der Waals surface area contributed by atoms with E-state index in [0.29, 0.717) is 11.1 Å². The van der Waals surface area contributed by atoms with E-state index in [1.807, 2.05) is 19.9 Å². The van der Waals surface area contributed by atoms with Gasteiger partial charge in [0.25, 0.3) is 0 Å². The third-order valence-electron chi connectivity index (χ3n) is 2.29. The molecule has 0 aromatic heterocycles. The summed E-state index contributed by atoms with van der Waals surface area (Å²) in [6.45, 7) is 4.25. The van der Waals surface area contributed by atoms with Gasteiger partial charge in [0.2, 0.25) is 0 Å². The third-order valence-corrected chi connectivity index (χ3v) is 2.29. The van der Waals surface area contributed by atoms with E-state index in [2.05, 4.69) is 0 Å². The number of rotatable bonds is 4. The standard InChI is InChI=1S/C12H14FNO/c1-3-9(2)15-8-11-6-12(13)5-4-10(11)7-14/h4-6,9H,3,8H2,1-2H3. The molecule has 2 nitrogen and oxygen atoms in total. The Balaban J connectivity index is 2.75. The maximum Gasteiger partial charge on any atom is 0.123 e. The van der Waals surface area contributed by atoms with Gasteiger partial charge in [-0.1, -0.05) is 6.92 Å². The Hall–Kier alpha value is -1.40. The van der Waals surface area contributed by atoms with Gasteiger partial charge in [-0.25, -0.2) is 4.39 Å². The summed E-state index contributed by atoms with van der Waals surface area (Å²) >= 11 is 0. The van der Waals surface area contributed by atoms with E-state index in [-0.39, 0.29) is 18.5 Å². The van der Waals surface area contributed by atoms with E-state index in [4.69, 9.17) is 10.00 Å². The highest BCUT2D eigenvalue weighted by atomic mass is 19.1. The maximum atomic E-state index is 12.9. The summed E-state index contributed by atoms with van der Waals surface area (Å²) in [6, 6.07) is 6.13. The Morgan fingerprint density at radius 3 is 2.87 bits per heavy atom. The second-order valence-corrected chi connectivity index (χ2v) is 3.44. The molecular weight excluding hydrogens is 193 g/mol. The van der Waals surface area contributed by atoms with Gasteiger partial charge in [-0.15, -0.1) is 0 Å². The Morgan fingerprint density at radius 2 is 2.27 bits per heavy atom. The van der Waals surface area contributed by atoms with Gasteiger partial charge in [-0.05, 0) is 37.1 Å². The van der Waals surface area contributed by atoms with Gasteiger partial charge in [-0.2, -0.15) is 5.26 Å². The number of benzene rings is 1. The van der Waals surface area contributed by atoms with Crippen molar-refractivity contribution in [3.63, 3.8) is 0 Å². The van der Waals surface area contributed by atoms with Crippen molar-refractivity contribution in [2.24, 2.45) is 0 Å². The first-order valence-electron chi connectivity index (χ1n) is 4.97.